The van der Waals surface area contributed by atoms with Crippen molar-refractivity contribution in [3.8, 4) is 0 Å². The highest BCUT2D eigenvalue weighted by Gasteiger charge is 2.31. The van der Waals surface area contributed by atoms with E-state index in [0.717, 1.165) is 19.3 Å². The van der Waals surface area contributed by atoms with Crippen LogP contribution in [0.3, 0.4) is 0 Å². The molecule has 0 aromatic carbocycles. The van der Waals surface area contributed by atoms with Crippen molar-refractivity contribution in [2.24, 2.45) is 11.8 Å². The first kappa shape index (κ1) is 15.7. The molecule has 1 fully saturated rings. The predicted octanol–water partition coefficient (Wildman–Crippen LogP) is 2.62. The standard InChI is InChI=1S/C13H20ClN3O2S/c1-9(2)11-5-3-4-6-12(11)17-20(18,19)10-7-15-13(14)16-8-10/h7-9,11-12,17H,3-6H2,1-2H3. The van der Waals surface area contributed by atoms with Crippen LogP contribution in [0.25, 0.3) is 0 Å². The van der Waals surface area contributed by atoms with Gasteiger partial charge in [-0.1, -0.05) is 26.7 Å². The van der Waals surface area contributed by atoms with Crippen molar-refractivity contribution in [2.75, 3.05) is 0 Å². The lowest BCUT2D eigenvalue weighted by Crippen LogP contribution is -2.43. The number of halogens is 1. The zero-order valence-electron chi connectivity index (χ0n) is 11.7. The van der Waals surface area contributed by atoms with E-state index in [2.05, 4.69) is 28.5 Å². The van der Waals surface area contributed by atoms with E-state index in [0.29, 0.717) is 11.8 Å². The quantitative estimate of drug-likeness (QED) is 0.866. The summed E-state index contributed by atoms with van der Waals surface area (Å²) >= 11 is 5.58. The Bertz CT molecular complexity index is 545. The molecule has 5 nitrogen and oxygen atoms in total. The maximum absolute atomic E-state index is 12.3. The number of nitrogens with one attached hydrogen (secondary N) is 1. The summed E-state index contributed by atoms with van der Waals surface area (Å²) in [5.74, 6) is 0.844. The molecule has 1 aliphatic rings. The van der Waals surface area contributed by atoms with Gasteiger partial charge in [0.25, 0.3) is 0 Å². The van der Waals surface area contributed by atoms with Gasteiger partial charge in [-0.15, -0.1) is 0 Å². The van der Waals surface area contributed by atoms with Gasteiger partial charge >= 0.3 is 0 Å². The summed E-state index contributed by atoms with van der Waals surface area (Å²) in [6.45, 7) is 4.28. The minimum atomic E-state index is -3.58. The van der Waals surface area contributed by atoms with Crippen LogP contribution in [0, 0.1) is 11.8 Å². The number of aromatic nitrogens is 2. The summed E-state index contributed by atoms with van der Waals surface area (Å²) in [5.41, 5.74) is 0. The molecule has 0 amide bonds. The monoisotopic (exact) mass is 317 g/mol. The molecule has 2 unspecified atom stereocenters. The second-order valence-electron chi connectivity index (χ2n) is 5.61. The Morgan fingerprint density at radius 2 is 1.85 bits per heavy atom. The number of nitrogens with zero attached hydrogens (tertiary/aromatic N) is 2. The Balaban J connectivity index is 2.16. The molecule has 1 aliphatic carbocycles. The topological polar surface area (TPSA) is 72.0 Å². The van der Waals surface area contributed by atoms with Crippen LogP contribution in [-0.4, -0.2) is 24.4 Å². The Kier molecular flexibility index (Phi) is 4.99. The molecule has 1 heterocycles. The fraction of sp³-hybridized carbons (Fsp3) is 0.692. The predicted molar refractivity (Wildman–Crippen MR) is 77.9 cm³/mol. The van der Waals surface area contributed by atoms with Crippen LogP contribution in [0.4, 0.5) is 0 Å². The smallest absolute Gasteiger partial charge is 0.225 e. The highest BCUT2D eigenvalue weighted by atomic mass is 35.5. The third kappa shape index (κ3) is 3.68. The van der Waals surface area contributed by atoms with Gasteiger partial charge in [-0.25, -0.2) is 23.1 Å². The van der Waals surface area contributed by atoms with Crippen LogP contribution in [0.2, 0.25) is 5.28 Å². The van der Waals surface area contributed by atoms with Crippen molar-refractivity contribution in [1.29, 1.82) is 0 Å². The zero-order chi connectivity index (χ0) is 14.8. The molecule has 0 radical (unpaired) electrons. The van der Waals surface area contributed by atoms with E-state index in [1.807, 2.05) is 0 Å². The highest BCUT2D eigenvalue weighted by Crippen LogP contribution is 2.31. The summed E-state index contributed by atoms with van der Waals surface area (Å²) in [7, 11) is -3.58. The van der Waals surface area contributed by atoms with Crippen LogP contribution in [-0.2, 0) is 10.0 Å². The average molecular weight is 318 g/mol. The molecule has 112 valence electrons. The van der Waals surface area contributed by atoms with E-state index in [4.69, 9.17) is 11.6 Å². The number of hydrogen-bond acceptors (Lipinski definition) is 4. The minimum Gasteiger partial charge on any atom is -0.225 e. The van der Waals surface area contributed by atoms with E-state index in [1.54, 1.807) is 0 Å². The first-order valence-electron chi connectivity index (χ1n) is 6.90. The lowest BCUT2D eigenvalue weighted by atomic mass is 9.78. The van der Waals surface area contributed by atoms with Crippen LogP contribution in [0.5, 0.6) is 0 Å². The first-order valence-corrected chi connectivity index (χ1v) is 8.76. The van der Waals surface area contributed by atoms with E-state index in [1.165, 1.54) is 18.8 Å². The van der Waals surface area contributed by atoms with Crippen molar-refractivity contribution in [3.63, 3.8) is 0 Å². The maximum Gasteiger partial charge on any atom is 0.243 e. The van der Waals surface area contributed by atoms with Crippen molar-refractivity contribution in [3.05, 3.63) is 17.7 Å². The summed E-state index contributed by atoms with van der Waals surface area (Å²) in [6, 6.07) is -0.00979. The average Bonchev–Trinajstić information content (AvgIpc) is 2.39. The fourth-order valence-corrected chi connectivity index (χ4v) is 4.12. The summed E-state index contributed by atoms with van der Waals surface area (Å²) in [6.07, 6.45) is 6.67. The Hall–Kier alpha value is -0.720. The van der Waals surface area contributed by atoms with Gasteiger partial charge in [0.2, 0.25) is 15.3 Å². The molecule has 20 heavy (non-hydrogen) atoms. The number of hydrogen-bond donors (Lipinski definition) is 1. The third-order valence-electron chi connectivity index (χ3n) is 3.89. The van der Waals surface area contributed by atoms with Crippen molar-refractivity contribution in [1.82, 2.24) is 14.7 Å². The molecule has 1 aromatic rings. The molecule has 0 aliphatic heterocycles. The molecule has 1 N–H and O–H groups in total. The van der Waals surface area contributed by atoms with E-state index in [-0.39, 0.29) is 16.2 Å². The van der Waals surface area contributed by atoms with E-state index < -0.39 is 10.0 Å². The SMILES string of the molecule is CC(C)C1CCCCC1NS(=O)(=O)c1cnc(Cl)nc1. The number of rotatable bonds is 4. The highest BCUT2D eigenvalue weighted by molar-refractivity contribution is 7.89. The second-order valence-corrected chi connectivity index (χ2v) is 7.66. The molecule has 7 heteroatoms. The Morgan fingerprint density at radius 1 is 1.25 bits per heavy atom. The summed E-state index contributed by atoms with van der Waals surface area (Å²) in [4.78, 5) is 7.52. The first-order chi connectivity index (χ1) is 9.40. The Morgan fingerprint density at radius 3 is 2.45 bits per heavy atom. The summed E-state index contributed by atoms with van der Waals surface area (Å²) in [5, 5.41) is 0.0432. The molecular formula is C13H20ClN3O2S. The molecule has 0 spiro atoms. The van der Waals surface area contributed by atoms with Gasteiger partial charge in [-0.3, -0.25) is 0 Å². The molecule has 1 aromatic heterocycles. The van der Waals surface area contributed by atoms with Crippen molar-refractivity contribution in [2.45, 2.75) is 50.5 Å². The van der Waals surface area contributed by atoms with Crippen molar-refractivity contribution >= 4 is 21.6 Å². The van der Waals surface area contributed by atoms with Gasteiger partial charge in [0.15, 0.2) is 0 Å². The Labute approximate surface area is 125 Å². The van der Waals surface area contributed by atoms with Crippen LogP contribution in [0.15, 0.2) is 17.3 Å². The zero-order valence-corrected chi connectivity index (χ0v) is 13.3. The lowest BCUT2D eigenvalue weighted by molar-refractivity contribution is 0.226. The van der Waals surface area contributed by atoms with Gasteiger partial charge in [0.1, 0.15) is 4.90 Å². The third-order valence-corrected chi connectivity index (χ3v) is 5.53. The minimum absolute atomic E-state index is 0.00979. The molecule has 2 atom stereocenters. The molecular weight excluding hydrogens is 298 g/mol. The summed E-state index contributed by atoms with van der Waals surface area (Å²) < 4.78 is 27.5. The van der Waals surface area contributed by atoms with E-state index in [9.17, 15) is 8.42 Å². The second kappa shape index (κ2) is 6.37. The van der Waals surface area contributed by atoms with Gasteiger partial charge in [0, 0.05) is 6.04 Å². The van der Waals surface area contributed by atoms with Crippen LogP contribution < -0.4 is 4.72 Å². The number of sulfonamides is 1. The van der Waals surface area contributed by atoms with Gasteiger partial charge in [-0.05, 0) is 36.3 Å². The van der Waals surface area contributed by atoms with Gasteiger partial charge in [0.05, 0.1) is 12.4 Å². The molecule has 2 rings (SSSR count). The van der Waals surface area contributed by atoms with Gasteiger partial charge in [-0.2, -0.15) is 0 Å². The maximum atomic E-state index is 12.3. The normalized spacial score (nSPS) is 24.0. The van der Waals surface area contributed by atoms with Crippen LogP contribution in [0.1, 0.15) is 39.5 Å². The van der Waals surface area contributed by atoms with Crippen molar-refractivity contribution < 1.29 is 8.42 Å². The molecule has 0 bridgehead atoms. The lowest BCUT2D eigenvalue weighted by Gasteiger charge is -2.34. The van der Waals surface area contributed by atoms with Gasteiger partial charge < -0.3 is 0 Å². The molecule has 1 saturated carbocycles. The fourth-order valence-electron chi connectivity index (χ4n) is 2.81. The van der Waals surface area contributed by atoms with Crippen LogP contribution >= 0.6 is 11.6 Å². The molecule has 0 saturated heterocycles. The van der Waals surface area contributed by atoms with E-state index >= 15 is 0 Å². The largest absolute Gasteiger partial charge is 0.243 e.